The molecule has 128 valence electrons. The van der Waals surface area contributed by atoms with E-state index in [1.807, 2.05) is 42.5 Å². The van der Waals surface area contributed by atoms with E-state index >= 15 is 0 Å². The van der Waals surface area contributed by atoms with Crippen molar-refractivity contribution in [3.63, 3.8) is 0 Å². The first-order valence-electron chi connectivity index (χ1n) is 8.34. The van der Waals surface area contributed by atoms with Gasteiger partial charge in [0.1, 0.15) is 0 Å². The van der Waals surface area contributed by atoms with Crippen LogP contribution in [0.25, 0.3) is 11.1 Å². The molecule has 1 fully saturated rings. The van der Waals surface area contributed by atoms with Crippen molar-refractivity contribution >= 4 is 10.0 Å². The second-order valence-corrected chi connectivity index (χ2v) is 8.54. The minimum atomic E-state index is -3.47. The second-order valence-electron chi connectivity index (χ2n) is 6.78. The summed E-state index contributed by atoms with van der Waals surface area (Å²) in [5, 5.41) is 3.31. The smallest absolute Gasteiger partial charge is 0.240 e. The van der Waals surface area contributed by atoms with Gasteiger partial charge in [-0.15, -0.1) is 0 Å². The molecule has 2 aromatic carbocycles. The molecule has 0 aromatic heterocycles. The first-order chi connectivity index (χ1) is 11.5. The summed E-state index contributed by atoms with van der Waals surface area (Å²) in [5.74, 6) is 0. The summed E-state index contributed by atoms with van der Waals surface area (Å²) in [5.41, 5.74) is 2.12. The Hall–Kier alpha value is -1.69. The van der Waals surface area contributed by atoms with Crippen LogP contribution in [0.1, 0.15) is 19.8 Å². The van der Waals surface area contributed by atoms with Gasteiger partial charge in [0.05, 0.1) is 4.90 Å². The van der Waals surface area contributed by atoms with E-state index in [0.29, 0.717) is 11.4 Å². The molecule has 1 aliphatic heterocycles. The van der Waals surface area contributed by atoms with Crippen LogP contribution >= 0.6 is 0 Å². The summed E-state index contributed by atoms with van der Waals surface area (Å²) >= 11 is 0. The van der Waals surface area contributed by atoms with Crippen molar-refractivity contribution < 1.29 is 8.42 Å². The number of hydrogen-bond acceptors (Lipinski definition) is 3. The maximum Gasteiger partial charge on any atom is 0.240 e. The van der Waals surface area contributed by atoms with E-state index in [4.69, 9.17) is 0 Å². The maximum absolute atomic E-state index is 12.5. The SMILES string of the molecule is CC1(CNS(=O)(=O)c2ccc(-c3ccccc3)cc2)CCNCC1. The largest absolute Gasteiger partial charge is 0.317 e. The highest BCUT2D eigenvalue weighted by molar-refractivity contribution is 7.89. The Morgan fingerprint density at radius 2 is 1.54 bits per heavy atom. The fourth-order valence-corrected chi connectivity index (χ4v) is 4.22. The van der Waals surface area contributed by atoms with Crippen LogP contribution in [-0.2, 0) is 10.0 Å². The van der Waals surface area contributed by atoms with Gasteiger partial charge in [0.15, 0.2) is 0 Å². The van der Waals surface area contributed by atoms with Crippen molar-refractivity contribution in [2.24, 2.45) is 5.41 Å². The minimum Gasteiger partial charge on any atom is -0.317 e. The number of sulfonamides is 1. The van der Waals surface area contributed by atoms with Crippen molar-refractivity contribution in [3.05, 3.63) is 54.6 Å². The molecule has 4 nitrogen and oxygen atoms in total. The van der Waals surface area contributed by atoms with Crippen molar-refractivity contribution in [2.45, 2.75) is 24.7 Å². The van der Waals surface area contributed by atoms with E-state index in [2.05, 4.69) is 17.0 Å². The quantitative estimate of drug-likeness (QED) is 0.876. The Balaban J connectivity index is 1.70. The molecule has 0 unspecified atom stereocenters. The van der Waals surface area contributed by atoms with Gasteiger partial charge in [-0.2, -0.15) is 0 Å². The molecule has 3 rings (SSSR count). The summed E-state index contributed by atoms with van der Waals surface area (Å²) in [6.45, 7) is 4.53. The van der Waals surface area contributed by atoms with Crippen LogP contribution in [0.4, 0.5) is 0 Å². The Kier molecular flexibility index (Phi) is 5.04. The molecule has 0 amide bonds. The molecule has 1 heterocycles. The fourth-order valence-electron chi connectivity index (χ4n) is 3.02. The fraction of sp³-hybridized carbons (Fsp3) is 0.368. The van der Waals surface area contributed by atoms with Crippen molar-refractivity contribution in [1.29, 1.82) is 0 Å². The molecular formula is C19H24N2O2S. The van der Waals surface area contributed by atoms with Gasteiger partial charge in [0.2, 0.25) is 10.0 Å². The molecule has 1 saturated heterocycles. The highest BCUT2D eigenvalue weighted by Crippen LogP contribution is 2.27. The van der Waals surface area contributed by atoms with Crippen LogP contribution in [0, 0.1) is 5.41 Å². The lowest BCUT2D eigenvalue weighted by molar-refractivity contribution is 0.232. The van der Waals surface area contributed by atoms with Crippen LogP contribution in [0.15, 0.2) is 59.5 Å². The van der Waals surface area contributed by atoms with E-state index in [1.54, 1.807) is 12.1 Å². The summed E-state index contributed by atoms with van der Waals surface area (Å²) in [6, 6.07) is 17.0. The third-order valence-electron chi connectivity index (χ3n) is 4.77. The standard InChI is InChI=1S/C19H24N2O2S/c1-19(11-13-20-14-12-19)15-21-24(22,23)18-9-7-17(8-10-18)16-5-3-2-4-6-16/h2-10,20-21H,11-15H2,1H3. The van der Waals surface area contributed by atoms with Gasteiger partial charge >= 0.3 is 0 Å². The monoisotopic (exact) mass is 344 g/mol. The van der Waals surface area contributed by atoms with Crippen LogP contribution in [0.2, 0.25) is 0 Å². The first kappa shape index (κ1) is 17.1. The summed E-state index contributed by atoms with van der Waals surface area (Å²) in [6.07, 6.45) is 1.98. The molecule has 1 aliphatic rings. The van der Waals surface area contributed by atoms with Gasteiger partial charge in [-0.05, 0) is 54.6 Å². The van der Waals surface area contributed by atoms with E-state index in [-0.39, 0.29) is 5.41 Å². The predicted octanol–water partition coefficient (Wildman–Crippen LogP) is 3.02. The molecule has 0 radical (unpaired) electrons. The Bertz CT molecular complexity index is 765. The van der Waals surface area contributed by atoms with Gasteiger partial charge in [-0.25, -0.2) is 13.1 Å². The zero-order valence-electron chi connectivity index (χ0n) is 14.0. The zero-order chi connectivity index (χ0) is 17.0. The van der Waals surface area contributed by atoms with Gasteiger partial charge in [-0.1, -0.05) is 49.4 Å². The van der Waals surface area contributed by atoms with Crippen molar-refractivity contribution in [2.75, 3.05) is 19.6 Å². The average molecular weight is 344 g/mol. The Morgan fingerprint density at radius 1 is 0.958 bits per heavy atom. The Morgan fingerprint density at radius 3 is 2.17 bits per heavy atom. The Labute approximate surface area is 144 Å². The van der Waals surface area contributed by atoms with Crippen molar-refractivity contribution in [1.82, 2.24) is 10.0 Å². The molecule has 0 aliphatic carbocycles. The molecule has 0 atom stereocenters. The highest BCUT2D eigenvalue weighted by atomic mass is 32.2. The molecular weight excluding hydrogens is 320 g/mol. The summed E-state index contributed by atoms with van der Waals surface area (Å²) in [7, 11) is -3.47. The topological polar surface area (TPSA) is 58.2 Å². The van der Waals surface area contributed by atoms with E-state index < -0.39 is 10.0 Å². The van der Waals surface area contributed by atoms with E-state index in [0.717, 1.165) is 37.1 Å². The lowest BCUT2D eigenvalue weighted by atomic mass is 9.81. The minimum absolute atomic E-state index is 0.0301. The molecule has 2 N–H and O–H groups in total. The summed E-state index contributed by atoms with van der Waals surface area (Å²) in [4.78, 5) is 0.319. The van der Waals surface area contributed by atoms with Gasteiger partial charge in [0.25, 0.3) is 0 Å². The van der Waals surface area contributed by atoms with Gasteiger partial charge in [-0.3, -0.25) is 0 Å². The van der Waals surface area contributed by atoms with Crippen LogP contribution in [-0.4, -0.2) is 28.1 Å². The second kappa shape index (κ2) is 7.05. The van der Waals surface area contributed by atoms with Crippen molar-refractivity contribution in [3.8, 4) is 11.1 Å². The molecule has 0 saturated carbocycles. The van der Waals surface area contributed by atoms with Crippen LogP contribution < -0.4 is 10.0 Å². The zero-order valence-corrected chi connectivity index (χ0v) is 14.8. The third kappa shape index (κ3) is 4.04. The van der Waals surface area contributed by atoms with E-state index in [1.165, 1.54) is 0 Å². The first-order valence-corrected chi connectivity index (χ1v) is 9.83. The third-order valence-corrected chi connectivity index (χ3v) is 6.19. The molecule has 0 spiro atoms. The average Bonchev–Trinajstić information content (AvgIpc) is 2.62. The van der Waals surface area contributed by atoms with Gasteiger partial charge in [0, 0.05) is 6.54 Å². The molecule has 0 bridgehead atoms. The number of rotatable bonds is 5. The molecule has 5 heteroatoms. The number of piperidine rings is 1. The number of benzene rings is 2. The van der Waals surface area contributed by atoms with Crippen LogP contribution in [0.3, 0.4) is 0 Å². The normalized spacial score (nSPS) is 17.5. The maximum atomic E-state index is 12.5. The van der Waals surface area contributed by atoms with E-state index in [9.17, 15) is 8.42 Å². The highest BCUT2D eigenvalue weighted by Gasteiger charge is 2.28. The van der Waals surface area contributed by atoms with Gasteiger partial charge < -0.3 is 5.32 Å². The molecule has 24 heavy (non-hydrogen) atoms. The molecule has 2 aromatic rings. The number of nitrogens with one attached hydrogen (secondary N) is 2. The number of hydrogen-bond donors (Lipinski definition) is 2. The lowest BCUT2D eigenvalue weighted by Crippen LogP contribution is -2.42. The predicted molar refractivity (Wildman–Crippen MR) is 97.3 cm³/mol. The van der Waals surface area contributed by atoms with Crippen LogP contribution in [0.5, 0.6) is 0 Å². The summed E-state index contributed by atoms with van der Waals surface area (Å²) < 4.78 is 27.9. The lowest BCUT2D eigenvalue weighted by Gasteiger charge is -2.34.